The number of hydrogen-bond acceptors (Lipinski definition) is 2. The van der Waals surface area contributed by atoms with Gasteiger partial charge in [0, 0.05) is 6.42 Å². The second-order valence-electron chi connectivity index (χ2n) is 3.53. The summed E-state index contributed by atoms with van der Waals surface area (Å²) in [5, 5.41) is 2.74. The zero-order valence-corrected chi connectivity index (χ0v) is 10.2. The van der Waals surface area contributed by atoms with Crippen LogP contribution in [0.15, 0.2) is 24.3 Å². The quantitative estimate of drug-likeness (QED) is 0.804. The molecule has 0 fully saturated rings. The molecule has 0 aliphatic rings. The molecule has 0 heterocycles. The van der Waals surface area contributed by atoms with E-state index in [9.17, 15) is 4.79 Å². The fraction of sp³-hybridized carbons (Fsp3) is 0.357. The molecular formula is C14H17NO2. The van der Waals surface area contributed by atoms with Crippen LogP contribution in [0.25, 0.3) is 0 Å². The van der Waals surface area contributed by atoms with E-state index >= 15 is 0 Å². The van der Waals surface area contributed by atoms with E-state index < -0.39 is 0 Å². The lowest BCUT2D eigenvalue weighted by Crippen LogP contribution is -2.22. The molecule has 3 nitrogen and oxygen atoms in total. The molecule has 90 valence electrons. The van der Waals surface area contributed by atoms with Gasteiger partial charge in [0.2, 0.25) is 5.91 Å². The Balaban J connectivity index is 2.51. The first-order chi connectivity index (χ1) is 8.27. The molecule has 0 aliphatic carbocycles. The maximum Gasteiger partial charge on any atom is 0.220 e. The van der Waals surface area contributed by atoms with Crippen molar-refractivity contribution in [3.05, 3.63) is 29.8 Å². The molecule has 1 rings (SSSR count). The van der Waals surface area contributed by atoms with Gasteiger partial charge in [-0.3, -0.25) is 4.79 Å². The Labute approximate surface area is 102 Å². The molecule has 1 aromatic rings. The third kappa shape index (κ3) is 4.60. The van der Waals surface area contributed by atoms with Gasteiger partial charge in [-0.1, -0.05) is 30.9 Å². The highest BCUT2D eigenvalue weighted by Crippen LogP contribution is 2.15. The van der Waals surface area contributed by atoms with Gasteiger partial charge in [0.15, 0.2) is 0 Å². The summed E-state index contributed by atoms with van der Waals surface area (Å²) in [6.07, 6.45) is 1.40. The van der Waals surface area contributed by atoms with Gasteiger partial charge in [0.25, 0.3) is 0 Å². The van der Waals surface area contributed by atoms with Crippen LogP contribution in [0, 0.1) is 11.8 Å². The summed E-state index contributed by atoms with van der Waals surface area (Å²) in [4.78, 5) is 11.2. The van der Waals surface area contributed by atoms with Crippen LogP contribution in [0.1, 0.15) is 25.3 Å². The van der Waals surface area contributed by atoms with Crippen LogP contribution in [-0.2, 0) is 4.79 Å². The van der Waals surface area contributed by atoms with Crippen molar-refractivity contribution >= 4 is 5.91 Å². The Bertz CT molecular complexity index is 429. The molecule has 0 saturated heterocycles. The Morgan fingerprint density at radius 3 is 2.88 bits per heavy atom. The number of carbonyl (C=O) groups excluding carboxylic acids is 1. The molecule has 0 radical (unpaired) electrons. The SMILES string of the molecule is CCCC(=O)NCC#Cc1ccccc1OC. The molecule has 1 N–H and O–H groups in total. The number of para-hydroxylation sites is 1. The van der Waals surface area contributed by atoms with Crippen molar-refractivity contribution in [3.8, 4) is 17.6 Å². The van der Waals surface area contributed by atoms with Crippen molar-refractivity contribution in [3.63, 3.8) is 0 Å². The van der Waals surface area contributed by atoms with Gasteiger partial charge in [0.1, 0.15) is 5.75 Å². The van der Waals surface area contributed by atoms with Crippen molar-refractivity contribution in [2.24, 2.45) is 0 Å². The van der Waals surface area contributed by atoms with Gasteiger partial charge in [-0.15, -0.1) is 0 Å². The third-order valence-corrected chi connectivity index (χ3v) is 2.18. The molecule has 3 heteroatoms. The van der Waals surface area contributed by atoms with Crippen molar-refractivity contribution < 1.29 is 9.53 Å². The average molecular weight is 231 g/mol. The number of methoxy groups -OCH3 is 1. The van der Waals surface area contributed by atoms with Crippen LogP contribution in [0.4, 0.5) is 0 Å². The third-order valence-electron chi connectivity index (χ3n) is 2.18. The van der Waals surface area contributed by atoms with Crippen molar-refractivity contribution in [1.29, 1.82) is 0 Å². The molecule has 0 aromatic heterocycles. The lowest BCUT2D eigenvalue weighted by Gasteiger charge is -2.01. The van der Waals surface area contributed by atoms with E-state index in [4.69, 9.17) is 4.74 Å². The molecule has 0 bridgehead atoms. The molecule has 0 aliphatic heterocycles. The maximum atomic E-state index is 11.2. The Kier molecular flexibility index (Phi) is 5.67. The second-order valence-corrected chi connectivity index (χ2v) is 3.53. The second kappa shape index (κ2) is 7.34. The predicted octanol–water partition coefficient (Wildman–Crippen LogP) is 1.96. The summed E-state index contributed by atoms with van der Waals surface area (Å²) in [7, 11) is 1.61. The predicted molar refractivity (Wildman–Crippen MR) is 67.8 cm³/mol. The first-order valence-corrected chi connectivity index (χ1v) is 5.66. The largest absolute Gasteiger partial charge is 0.495 e. The Hall–Kier alpha value is -1.95. The van der Waals surface area contributed by atoms with E-state index in [1.165, 1.54) is 0 Å². The van der Waals surface area contributed by atoms with E-state index in [0.717, 1.165) is 17.7 Å². The number of ether oxygens (including phenoxy) is 1. The summed E-state index contributed by atoms with van der Waals surface area (Å²) in [6.45, 7) is 2.34. The van der Waals surface area contributed by atoms with Crippen LogP contribution in [0.3, 0.4) is 0 Å². The van der Waals surface area contributed by atoms with Gasteiger partial charge >= 0.3 is 0 Å². The highest BCUT2D eigenvalue weighted by molar-refractivity contribution is 5.76. The van der Waals surface area contributed by atoms with Gasteiger partial charge < -0.3 is 10.1 Å². The summed E-state index contributed by atoms with van der Waals surface area (Å²) >= 11 is 0. The van der Waals surface area contributed by atoms with Gasteiger partial charge in [-0.2, -0.15) is 0 Å². The first-order valence-electron chi connectivity index (χ1n) is 5.66. The standard InChI is InChI=1S/C14H17NO2/c1-3-7-14(16)15-11-6-9-12-8-4-5-10-13(12)17-2/h4-5,8,10H,3,7,11H2,1-2H3,(H,15,16). The minimum Gasteiger partial charge on any atom is -0.495 e. The van der Waals surface area contributed by atoms with E-state index in [1.54, 1.807) is 7.11 Å². The van der Waals surface area contributed by atoms with E-state index in [1.807, 2.05) is 31.2 Å². The van der Waals surface area contributed by atoms with Gasteiger partial charge in [-0.05, 0) is 18.6 Å². The monoisotopic (exact) mass is 231 g/mol. The Morgan fingerprint density at radius 2 is 2.18 bits per heavy atom. The lowest BCUT2D eigenvalue weighted by atomic mass is 10.2. The van der Waals surface area contributed by atoms with E-state index in [2.05, 4.69) is 17.2 Å². The summed E-state index contributed by atoms with van der Waals surface area (Å²) in [5.74, 6) is 6.67. The van der Waals surface area contributed by atoms with Crippen molar-refractivity contribution in [2.75, 3.05) is 13.7 Å². The highest BCUT2D eigenvalue weighted by atomic mass is 16.5. The van der Waals surface area contributed by atoms with Crippen LogP contribution in [-0.4, -0.2) is 19.6 Å². The van der Waals surface area contributed by atoms with Crippen LogP contribution in [0.2, 0.25) is 0 Å². The van der Waals surface area contributed by atoms with E-state index in [0.29, 0.717) is 13.0 Å². The first kappa shape index (κ1) is 13.1. The zero-order chi connectivity index (χ0) is 12.5. The maximum absolute atomic E-state index is 11.2. The molecule has 0 spiro atoms. The zero-order valence-electron chi connectivity index (χ0n) is 10.2. The highest BCUT2D eigenvalue weighted by Gasteiger charge is 1.97. The lowest BCUT2D eigenvalue weighted by molar-refractivity contribution is -0.120. The molecular weight excluding hydrogens is 214 g/mol. The Morgan fingerprint density at radius 1 is 1.41 bits per heavy atom. The minimum absolute atomic E-state index is 0.0434. The molecule has 1 amide bonds. The number of carbonyl (C=O) groups is 1. The smallest absolute Gasteiger partial charge is 0.220 e. The fourth-order valence-electron chi connectivity index (χ4n) is 1.35. The number of rotatable bonds is 4. The number of amides is 1. The summed E-state index contributed by atoms with van der Waals surface area (Å²) in [5.41, 5.74) is 0.833. The molecule has 0 atom stereocenters. The summed E-state index contributed by atoms with van der Waals surface area (Å²) < 4.78 is 5.17. The summed E-state index contributed by atoms with van der Waals surface area (Å²) in [6, 6.07) is 7.55. The van der Waals surface area contributed by atoms with Crippen molar-refractivity contribution in [1.82, 2.24) is 5.32 Å². The van der Waals surface area contributed by atoms with Crippen molar-refractivity contribution in [2.45, 2.75) is 19.8 Å². The average Bonchev–Trinajstić information content (AvgIpc) is 2.35. The van der Waals surface area contributed by atoms with Crippen LogP contribution >= 0.6 is 0 Å². The normalized spacial score (nSPS) is 9.06. The van der Waals surface area contributed by atoms with Gasteiger partial charge in [-0.25, -0.2) is 0 Å². The van der Waals surface area contributed by atoms with E-state index in [-0.39, 0.29) is 5.91 Å². The number of benzene rings is 1. The molecule has 0 saturated carbocycles. The topological polar surface area (TPSA) is 38.3 Å². The minimum atomic E-state index is 0.0434. The van der Waals surface area contributed by atoms with Gasteiger partial charge in [0.05, 0.1) is 19.2 Å². The number of hydrogen-bond donors (Lipinski definition) is 1. The molecule has 1 aromatic carbocycles. The number of nitrogens with one attached hydrogen (secondary N) is 1. The van der Waals surface area contributed by atoms with Crippen LogP contribution < -0.4 is 10.1 Å². The fourth-order valence-corrected chi connectivity index (χ4v) is 1.35. The molecule has 17 heavy (non-hydrogen) atoms. The molecule has 0 unspecified atom stereocenters. The van der Waals surface area contributed by atoms with Crippen LogP contribution in [0.5, 0.6) is 5.75 Å².